The lowest BCUT2D eigenvalue weighted by Gasteiger charge is -2.28. The topological polar surface area (TPSA) is 221 Å². The molecular weight excluding hydrogens is 627 g/mol. The molecule has 3 aliphatic heterocycles. The van der Waals surface area contributed by atoms with E-state index in [1.807, 2.05) is 6.07 Å². The van der Waals surface area contributed by atoms with E-state index in [9.17, 15) is 19.7 Å². The molecule has 43 heavy (non-hydrogen) atoms. The number of anilines is 1. The summed E-state index contributed by atoms with van der Waals surface area (Å²) in [5.41, 5.74) is 7.71. The van der Waals surface area contributed by atoms with Crippen molar-refractivity contribution in [3.05, 3.63) is 43.2 Å². The number of aliphatic hydroxyl groups excluding tert-OH is 2. The van der Waals surface area contributed by atoms with Gasteiger partial charge in [-0.25, -0.2) is 19.9 Å². The number of imidazole rings is 2. The fourth-order valence-electron chi connectivity index (χ4n) is 5.37. The number of rotatable bonds is 2. The molecule has 5 N–H and O–H groups in total. The maximum Gasteiger partial charge on any atom is 0.325 e. The summed E-state index contributed by atoms with van der Waals surface area (Å²) in [5.74, 6) is 0.105. The minimum Gasteiger partial charge on any atom is -0.387 e. The number of hydrogen-bond donors (Lipinski definition) is 4. The summed E-state index contributed by atoms with van der Waals surface area (Å²) < 4.78 is 50.8. The van der Waals surface area contributed by atoms with Crippen LogP contribution in [0.2, 0.25) is 0 Å². The molecule has 0 aliphatic carbocycles. The van der Waals surface area contributed by atoms with E-state index in [4.69, 9.17) is 52.7 Å². The second-order valence-electron chi connectivity index (χ2n) is 10.1. The van der Waals surface area contributed by atoms with Gasteiger partial charge < -0.3 is 48.5 Å². The van der Waals surface area contributed by atoms with E-state index >= 15 is 0 Å². The minimum absolute atomic E-state index is 0.105. The highest BCUT2D eigenvalue weighted by atomic mass is 32.5. The van der Waals surface area contributed by atoms with Crippen LogP contribution in [0.5, 0.6) is 0 Å². The Morgan fingerprint density at radius 3 is 2.51 bits per heavy atom. The Hall–Kier alpha value is -2.38. The van der Waals surface area contributed by atoms with Gasteiger partial charge in [-0.3, -0.25) is 13.7 Å². The number of nitrogen functional groups attached to an aromatic ring is 1. The first-order chi connectivity index (χ1) is 20.5. The van der Waals surface area contributed by atoms with Crippen LogP contribution in [0.4, 0.5) is 5.82 Å². The first-order valence-electron chi connectivity index (χ1n) is 12.9. The van der Waals surface area contributed by atoms with E-state index in [0.717, 1.165) is 0 Å². The monoisotopic (exact) mass is 651 g/mol. The summed E-state index contributed by atoms with van der Waals surface area (Å²) in [5, 5.41) is 22.4. The van der Waals surface area contributed by atoms with Gasteiger partial charge in [0.15, 0.2) is 23.9 Å². The van der Waals surface area contributed by atoms with Gasteiger partial charge in [0.2, 0.25) is 7.57 Å². The third kappa shape index (κ3) is 5.33. The molecule has 3 aromatic heterocycles. The van der Waals surface area contributed by atoms with Gasteiger partial charge in [-0.15, -0.1) is 0 Å². The highest BCUT2D eigenvalue weighted by molar-refractivity contribution is 8.07. The number of aliphatic hydroxyl groups is 2. The summed E-state index contributed by atoms with van der Waals surface area (Å²) >= 11 is 5.28. The predicted octanol–water partition coefficient (Wildman–Crippen LogP) is 0.286. The Morgan fingerprint density at radius 2 is 1.67 bits per heavy atom. The minimum atomic E-state index is -4.42. The molecule has 21 heteroatoms. The first kappa shape index (κ1) is 29.3. The molecule has 17 nitrogen and oxygen atoms in total. The van der Waals surface area contributed by atoms with E-state index in [2.05, 4.69) is 19.9 Å². The van der Waals surface area contributed by atoms with E-state index in [1.54, 1.807) is 22.8 Å². The summed E-state index contributed by atoms with van der Waals surface area (Å²) in [6.45, 7) is -5.15. The molecule has 4 aromatic rings. The van der Waals surface area contributed by atoms with Crippen LogP contribution >= 0.6 is 14.2 Å². The number of nitrogens with two attached hydrogens (primary N) is 1. The van der Waals surface area contributed by atoms with E-state index < -0.39 is 76.5 Å². The van der Waals surface area contributed by atoms with Crippen molar-refractivity contribution in [1.29, 1.82) is 0 Å². The third-order valence-electron chi connectivity index (χ3n) is 7.38. The Morgan fingerprint density at radius 1 is 0.930 bits per heavy atom. The lowest BCUT2D eigenvalue weighted by molar-refractivity contribution is -0.0594. The van der Waals surface area contributed by atoms with Crippen LogP contribution in [-0.2, 0) is 43.9 Å². The van der Waals surface area contributed by atoms with Crippen LogP contribution in [0.1, 0.15) is 12.5 Å². The number of ether oxygens (including phenoxy) is 2. The van der Waals surface area contributed by atoms with Crippen molar-refractivity contribution in [2.24, 2.45) is 0 Å². The zero-order chi connectivity index (χ0) is 30.1. The summed E-state index contributed by atoms with van der Waals surface area (Å²) in [6.07, 6.45) is -6.15. The SMILES string of the molecule is [B]P1(=O)OC[C@H]2O[C@@H](n3cnc4c(N)ncnc43)[C@@H](OP(O)(=S)OC[C@H]3O[C@@H](n4cnc5ccccc54)[C@@H](O)C3O1)C2O. The van der Waals surface area contributed by atoms with Crippen LogP contribution in [0.25, 0.3) is 22.2 Å². The Bertz CT molecular complexity index is 1780. The maximum atomic E-state index is 13.3. The lowest BCUT2D eigenvalue weighted by Crippen LogP contribution is -2.36. The van der Waals surface area contributed by atoms with Gasteiger partial charge in [-0.2, -0.15) is 0 Å². The van der Waals surface area contributed by atoms with E-state index in [1.165, 1.54) is 23.5 Å². The Balaban J connectivity index is 1.20. The molecule has 1 aromatic carbocycles. The number of fused-ring (bicyclic) bond motifs is 5. The van der Waals surface area contributed by atoms with Crippen LogP contribution in [-0.4, -0.2) is 102 Å². The second-order valence-corrected chi connectivity index (χ2v) is 14.4. The normalized spacial score (nSPS) is 38.9. The smallest absolute Gasteiger partial charge is 0.325 e. The molecule has 3 saturated heterocycles. The third-order valence-corrected chi connectivity index (χ3v) is 9.99. The Labute approximate surface area is 249 Å². The van der Waals surface area contributed by atoms with Crippen LogP contribution in [0.3, 0.4) is 0 Å². The zero-order valence-corrected chi connectivity index (χ0v) is 24.5. The van der Waals surface area contributed by atoms with Gasteiger partial charge in [-0.1, -0.05) is 12.1 Å². The number of hydrogen-bond acceptors (Lipinski definition) is 15. The standard InChI is InChI=1S/C22H24BN7O10P2S/c23-41(33)35-5-12-15(31)18(22(37-12)30-9-28-14-19(24)25-7-26-20(14)30)40-42(34,43)36-6-13-17(39-41)16(32)21(38-13)29-8-27-10-3-1-2-4-11(10)29/h1-4,7-9,12-13,15-18,21-22,31-32H,5-6H2,(H,34,43)(H2,24,25,26)/t12-,13-,15?,16+,17?,18+,21-,22-,41?,42?/m1/s1. The fraction of sp³-hybridized carbons (Fsp3) is 0.455. The van der Waals surface area contributed by atoms with Crippen LogP contribution < -0.4 is 5.73 Å². The van der Waals surface area contributed by atoms with Gasteiger partial charge in [0.25, 0.3) is 7.47 Å². The van der Waals surface area contributed by atoms with Crippen LogP contribution in [0.15, 0.2) is 43.2 Å². The molecule has 3 aliphatic rings. The quantitative estimate of drug-likeness (QED) is 0.169. The predicted molar refractivity (Wildman–Crippen MR) is 151 cm³/mol. The molecule has 0 spiro atoms. The summed E-state index contributed by atoms with van der Waals surface area (Å²) in [6, 6.07) is 7.17. The number of para-hydroxylation sites is 2. The number of benzene rings is 1. The zero-order valence-electron chi connectivity index (χ0n) is 21.9. The molecule has 6 heterocycles. The molecule has 0 amide bonds. The van der Waals surface area contributed by atoms with Crippen molar-refractivity contribution in [2.45, 2.75) is 49.1 Å². The van der Waals surface area contributed by atoms with Crippen molar-refractivity contribution in [2.75, 3.05) is 18.9 Å². The van der Waals surface area contributed by atoms with Gasteiger partial charge in [-0.05, 0) is 23.9 Å². The largest absolute Gasteiger partial charge is 0.387 e. The Kier molecular flexibility index (Phi) is 7.44. The summed E-state index contributed by atoms with van der Waals surface area (Å²) in [4.78, 5) is 27.7. The van der Waals surface area contributed by atoms with Crippen molar-refractivity contribution >= 4 is 61.6 Å². The van der Waals surface area contributed by atoms with Crippen LogP contribution in [0, 0.1) is 0 Å². The van der Waals surface area contributed by atoms with Crippen molar-refractivity contribution < 1.29 is 47.2 Å². The van der Waals surface area contributed by atoms with Crippen molar-refractivity contribution in [1.82, 2.24) is 29.1 Å². The molecule has 2 bridgehead atoms. The molecule has 7 rings (SSSR count). The second kappa shape index (κ2) is 10.9. The number of nitrogens with zero attached hydrogens (tertiary/aromatic N) is 6. The molecule has 10 atom stereocenters. The molecular formula is C22H24BN7O10P2S. The lowest BCUT2D eigenvalue weighted by atomic mass is 10.1. The van der Waals surface area contributed by atoms with E-state index in [0.29, 0.717) is 11.0 Å². The number of aromatic nitrogens is 6. The van der Waals surface area contributed by atoms with Crippen molar-refractivity contribution in [3.63, 3.8) is 0 Å². The van der Waals surface area contributed by atoms with Gasteiger partial charge in [0.1, 0.15) is 48.5 Å². The molecule has 3 fully saturated rings. The average molecular weight is 651 g/mol. The van der Waals surface area contributed by atoms with Gasteiger partial charge in [0, 0.05) is 0 Å². The maximum absolute atomic E-state index is 13.3. The van der Waals surface area contributed by atoms with Crippen molar-refractivity contribution in [3.8, 4) is 0 Å². The molecule has 226 valence electrons. The molecule has 0 saturated carbocycles. The average Bonchev–Trinajstić information content (AvgIpc) is 3.72. The summed E-state index contributed by atoms with van der Waals surface area (Å²) in [7, 11) is 1.51. The molecule has 4 unspecified atom stereocenters. The van der Waals surface area contributed by atoms with Gasteiger partial charge >= 0.3 is 6.72 Å². The van der Waals surface area contributed by atoms with Gasteiger partial charge in [0.05, 0.1) is 36.9 Å². The van der Waals surface area contributed by atoms with E-state index in [-0.39, 0.29) is 17.0 Å². The highest BCUT2D eigenvalue weighted by Crippen LogP contribution is 2.53. The highest BCUT2D eigenvalue weighted by Gasteiger charge is 2.52. The fourth-order valence-corrected chi connectivity index (χ4v) is 7.80. The molecule has 2 radical (unpaired) electrons. The first-order valence-corrected chi connectivity index (χ1v) is 17.1.